The molecule has 0 saturated carbocycles. The Kier molecular flexibility index (Phi) is 6.84. The highest BCUT2D eigenvalue weighted by atomic mass is 16.5. The second kappa shape index (κ2) is 8.88. The lowest BCUT2D eigenvalue weighted by molar-refractivity contribution is -0.128. The molecule has 1 amide bonds. The van der Waals surface area contributed by atoms with Crippen molar-refractivity contribution < 1.29 is 9.53 Å². The average molecular weight is 354 g/mol. The van der Waals surface area contributed by atoms with E-state index in [1.54, 1.807) is 6.92 Å². The van der Waals surface area contributed by atoms with Gasteiger partial charge in [0, 0.05) is 0 Å². The maximum Gasteiger partial charge on any atom is 0.261 e. The predicted octanol–water partition coefficient (Wildman–Crippen LogP) is 5.46. The molecule has 3 nitrogen and oxygen atoms in total. The van der Waals surface area contributed by atoms with Crippen LogP contribution in [0.1, 0.15) is 68.3 Å². The molecule has 1 N–H and O–H groups in total. The molecule has 0 saturated heterocycles. The summed E-state index contributed by atoms with van der Waals surface area (Å²) in [6, 6.07) is 14.3. The van der Waals surface area contributed by atoms with Crippen molar-refractivity contribution in [3.63, 3.8) is 0 Å². The van der Waals surface area contributed by atoms with Crippen molar-refractivity contribution in [2.75, 3.05) is 0 Å². The first-order valence-electron chi connectivity index (χ1n) is 9.46. The summed E-state index contributed by atoms with van der Waals surface area (Å²) in [5.41, 5.74) is 4.76. The lowest BCUT2D eigenvalue weighted by atomic mass is 9.99. The van der Waals surface area contributed by atoms with Gasteiger partial charge in [0.05, 0.1) is 6.04 Å². The van der Waals surface area contributed by atoms with Crippen molar-refractivity contribution in [1.82, 2.24) is 5.32 Å². The lowest BCUT2D eigenvalue weighted by Crippen LogP contribution is -2.38. The zero-order chi connectivity index (χ0) is 19.3. The molecule has 26 heavy (non-hydrogen) atoms. The molecule has 2 unspecified atom stereocenters. The zero-order valence-corrected chi connectivity index (χ0v) is 16.8. The SMILES string of the molecule is CCC(NC(=O)C(C)Oc1ccccc1C(C)C)c1ccc(C)c(C)c1. The maximum absolute atomic E-state index is 12.7. The fourth-order valence-corrected chi connectivity index (χ4v) is 3.00. The molecule has 0 spiro atoms. The summed E-state index contributed by atoms with van der Waals surface area (Å²) in [5, 5.41) is 3.13. The molecule has 2 aromatic rings. The molecule has 140 valence electrons. The molecule has 2 atom stereocenters. The van der Waals surface area contributed by atoms with Crippen LogP contribution in [0.4, 0.5) is 0 Å². The van der Waals surface area contributed by atoms with E-state index in [0.29, 0.717) is 5.92 Å². The van der Waals surface area contributed by atoms with E-state index in [1.807, 2.05) is 18.2 Å². The number of carbonyl (C=O) groups is 1. The quantitative estimate of drug-likeness (QED) is 0.717. The Balaban J connectivity index is 2.09. The lowest BCUT2D eigenvalue weighted by Gasteiger charge is -2.23. The van der Waals surface area contributed by atoms with E-state index < -0.39 is 6.10 Å². The summed E-state index contributed by atoms with van der Waals surface area (Å²) in [5.74, 6) is 1.04. The molecule has 0 bridgehead atoms. The highest BCUT2D eigenvalue weighted by Gasteiger charge is 2.21. The van der Waals surface area contributed by atoms with Gasteiger partial charge < -0.3 is 10.1 Å². The van der Waals surface area contributed by atoms with Crippen molar-refractivity contribution in [3.8, 4) is 5.75 Å². The van der Waals surface area contributed by atoms with Crippen LogP contribution in [0, 0.1) is 13.8 Å². The Morgan fingerprint density at radius 1 is 1.04 bits per heavy atom. The standard InChI is InChI=1S/C23H31NO2/c1-7-21(19-13-12-16(4)17(5)14-19)24-23(25)18(6)26-22-11-9-8-10-20(22)15(2)3/h8-15,18,21H,7H2,1-6H3,(H,24,25). The second-order valence-corrected chi connectivity index (χ2v) is 7.27. The van der Waals surface area contributed by atoms with E-state index in [4.69, 9.17) is 4.74 Å². The fourth-order valence-electron chi connectivity index (χ4n) is 3.00. The Labute approximate surface area is 157 Å². The number of nitrogens with one attached hydrogen (secondary N) is 1. The monoisotopic (exact) mass is 353 g/mol. The van der Waals surface area contributed by atoms with Crippen molar-refractivity contribution in [1.29, 1.82) is 0 Å². The molecular formula is C23H31NO2. The van der Waals surface area contributed by atoms with Crippen LogP contribution in [0.3, 0.4) is 0 Å². The molecule has 0 heterocycles. The fraction of sp³-hybridized carbons (Fsp3) is 0.435. The van der Waals surface area contributed by atoms with E-state index in [-0.39, 0.29) is 11.9 Å². The molecule has 0 aliphatic heterocycles. The first-order valence-corrected chi connectivity index (χ1v) is 9.46. The van der Waals surface area contributed by atoms with Gasteiger partial charge in [0.2, 0.25) is 0 Å². The Bertz CT molecular complexity index is 752. The van der Waals surface area contributed by atoms with Gasteiger partial charge in [-0.1, -0.05) is 57.2 Å². The summed E-state index contributed by atoms with van der Waals surface area (Å²) in [7, 11) is 0. The third kappa shape index (κ3) is 4.87. The molecule has 0 aliphatic carbocycles. The summed E-state index contributed by atoms with van der Waals surface area (Å²) < 4.78 is 5.98. The van der Waals surface area contributed by atoms with E-state index in [2.05, 4.69) is 64.2 Å². The number of hydrogen-bond donors (Lipinski definition) is 1. The number of aryl methyl sites for hydroxylation is 2. The molecule has 2 aromatic carbocycles. The van der Waals surface area contributed by atoms with E-state index in [9.17, 15) is 4.79 Å². The minimum absolute atomic E-state index is 0.00630. The van der Waals surface area contributed by atoms with Crippen molar-refractivity contribution in [2.24, 2.45) is 0 Å². The third-order valence-corrected chi connectivity index (χ3v) is 4.87. The Morgan fingerprint density at radius 2 is 1.73 bits per heavy atom. The number of hydrogen-bond acceptors (Lipinski definition) is 2. The molecule has 2 rings (SSSR count). The van der Waals surface area contributed by atoms with Crippen LogP contribution < -0.4 is 10.1 Å². The van der Waals surface area contributed by atoms with Gasteiger partial charge in [-0.25, -0.2) is 0 Å². The number of rotatable bonds is 7. The molecule has 3 heteroatoms. The van der Waals surface area contributed by atoms with E-state index in [0.717, 1.165) is 23.3 Å². The first-order chi connectivity index (χ1) is 12.3. The van der Waals surface area contributed by atoms with E-state index >= 15 is 0 Å². The minimum Gasteiger partial charge on any atom is -0.481 e. The van der Waals surface area contributed by atoms with Crippen molar-refractivity contribution >= 4 is 5.91 Å². The normalized spacial score (nSPS) is 13.3. The van der Waals surface area contributed by atoms with Gasteiger partial charge in [-0.05, 0) is 61.4 Å². The Morgan fingerprint density at radius 3 is 2.35 bits per heavy atom. The van der Waals surface area contributed by atoms with E-state index in [1.165, 1.54) is 11.1 Å². The average Bonchev–Trinajstić information content (AvgIpc) is 2.62. The van der Waals surface area contributed by atoms with Crippen LogP contribution >= 0.6 is 0 Å². The number of amides is 1. The predicted molar refractivity (Wildman–Crippen MR) is 108 cm³/mol. The summed E-state index contributed by atoms with van der Waals surface area (Å²) >= 11 is 0. The minimum atomic E-state index is -0.546. The molecule has 0 aromatic heterocycles. The van der Waals surface area contributed by atoms with Gasteiger partial charge in [-0.15, -0.1) is 0 Å². The smallest absolute Gasteiger partial charge is 0.261 e. The van der Waals surface area contributed by atoms with Gasteiger partial charge >= 0.3 is 0 Å². The topological polar surface area (TPSA) is 38.3 Å². The van der Waals surface area contributed by atoms with Gasteiger partial charge in [-0.3, -0.25) is 4.79 Å². The number of ether oxygens (including phenoxy) is 1. The van der Waals surface area contributed by atoms with Crippen LogP contribution in [0.2, 0.25) is 0 Å². The molecular weight excluding hydrogens is 322 g/mol. The molecule has 0 radical (unpaired) electrons. The van der Waals surface area contributed by atoms with Crippen LogP contribution in [-0.4, -0.2) is 12.0 Å². The first kappa shape index (κ1) is 20.0. The summed E-state index contributed by atoms with van der Waals surface area (Å²) in [6.07, 6.45) is 0.291. The van der Waals surface area contributed by atoms with Crippen molar-refractivity contribution in [2.45, 2.75) is 66.0 Å². The molecule has 0 aliphatic rings. The highest BCUT2D eigenvalue weighted by molar-refractivity contribution is 5.81. The summed E-state index contributed by atoms with van der Waals surface area (Å²) in [4.78, 5) is 12.7. The number of para-hydroxylation sites is 1. The van der Waals surface area contributed by atoms with Crippen LogP contribution in [-0.2, 0) is 4.79 Å². The maximum atomic E-state index is 12.7. The highest BCUT2D eigenvalue weighted by Crippen LogP contribution is 2.27. The second-order valence-electron chi connectivity index (χ2n) is 7.27. The van der Waals surface area contributed by atoms with Gasteiger partial charge in [0.25, 0.3) is 5.91 Å². The third-order valence-electron chi connectivity index (χ3n) is 4.87. The Hall–Kier alpha value is -2.29. The zero-order valence-electron chi connectivity index (χ0n) is 16.8. The van der Waals surface area contributed by atoms with Gasteiger partial charge in [0.1, 0.15) is 5.75 Å². The van der Waals surface area contributed by atoms with Crippen LogP contribution in [0.25, 0.3) is 0 Å². The van der Waals surface area contributed by atoms with Crippen LogP contribution in [0.5, 0.6) is 5.75 Å². The number of carbonyl (C=O) groups excluding carboxylic acids is 1. The van der Waals surface area contributed by atoms with Crippen LogP contribution in [0.15, 0.2) is 42.5 Å². The summed E-state index contributed by atoms with van der Waals surface area (Å²) in [6.45, 7) is 12.3. The van der Waals surface area contributed by atoms with Crippen molar-refractivity contribution in [3.05, 3.63) is 64.7 Å². The van der Waals surface area contributed by atoms with Gasteiger partial charge in [0.15, 0.2) is 6.10 Å². The molecule has 0 fully saturated rings. The largest absolute Gasteiger partial charge is 0.481 e. The van der Waals surface area contributed by atoms with Gasteiger partial charge in [-0.2, -0.15) is 0 Å². The number of benzene rings is 2.